The first-order valence-electron chi connectivity index (χ1n) is 10.6. The van der Waals surface area contributed by atoms with Crippen LogP contribution in [0.25, 0.3) is 17.1 Å². The quantitative estimate of drug-likeness (QED) is 0.639. The minimum Gasteiger partial charge on any atom is -0.368 e. The number of pyridine rings is 1. The van der Waals surface area contributed by atoms with Crippen LogP contribution >= 0.6 is 0 Å². The fourth-order valence-corrected chi connectivity index (χ4v) is 3.68. The molecule has 0 N–H and O–H groups in total. The molecule has 0 aliphatic carbocycles. The average molecular weight is 410 g/mol. The molecule has 0 unspecified atom stereocenters. The Balaban J connectivity index is 1.48. The van der Waals surface area contributed by atoms with E-state index in [9.17, 15) is 0 Å². The highest BCUT2D eigenvalue weighted by molar-refractivity contribution is 5.63. The lowest BCUT2D eigenvalue weighted by Crippen LogP contribution is -2.47. The molecule has 0 saturated carbocycles. The summed E-state index contributed by atoms with van der Waals surface area (Å²) in [6, 6.07) is 4.05. The van der Waals surface area contributed by atoms with Gasteiger partial charge in [-0.15, -0.1) is 5.10 Å². The molecule has 1 saturated heterocycles. The maximum atomic E-state index is 5.47. The standard InChI is InChI=1S/C22H31N7O/c1-16(2)14-27-6-8-28(9-7-27)18-10-17(12-23-13-18)19-15-29(26-24-19)21-11-20(30-25-21)22(3,4)5/h10-13,15-16H,6-9,14H2,1-5H3. The number of aromatic nitrogens is 5. The van der Waals surface area contributed by atoms with Crippen LogP contribution in [0.15, 0.2) is 35.2 Å². The second-order valence-electron chi connectivity index (χ2n) is 9.46. The van der Waals surface area contributed by atoms with Gasteiger partial charge in [0.2, 0.25) is 0 Å². The summed E-state index contributed by atoms with van der Waals surface area (Å²) in [6.07, 6.45) is 5.63. The molecular weight excluding hydrogens is 378 g/mol. The average Bonchev–Trinajstić information content (AvgIpc) is 3.38. The van der Waals surface area contributed by atoms with E-state index in [0.29, 0.717) is 11.7 Å². The second-order valence-corrected chi connectivity index (χ2v) is 9.46. The van der Waals surface area contributed by atoms with Gasteiger partial charge in [-0.3, -0.25) is 9.88 Å². The monoisotopic (exact) mass is 409 g/mol. The molecule has 30 heavy (non-hydrogen) atoms. The zero-order chi connectivity index (χ0) is 21.3. The minimum absolute atomic E-state index is 0.105. The molecular formula is C22H31N7O. The molecule has 0 bridgehead atoms. The molecule has 4 rings (SSSR count). The third-order valence-corrected chi connectivity index (χ3v) is 5.35. The van der Waals surface area contributed by atoms with Gasteiger partial charge in [0, 0.05) is 56.0 Å². The van der Waals surface area contributed by atoms with E-state index in [2.05, 4.69) is 70.9 Å². The normalized spacial score (nSPS) is 15.9. The number of anilines is 1. The third kappa shape index (κ3) is 4.53. The first kappa shape index (κ1) is 20.5. The summed E-state index contributed by atoms with van der Waals surface area (Å²) >= 11 is 0. The first-order chi connectivity index (χ1) is 14.3. The van der Waals surface area contributed by atoms with Crippen molar-refractivity contribution in [3.8, 4) is 17.1 Å². The van der Waals surface area contributed by atoms with E-state index in [-0.39, 0.29) is 5.41 Å². The maximum Gasteiger partial charge on any atom is 0.198 e. The molecule has 0 atom stereocenters. The van der Waals surface area contributed by atoms with Crippen LogP contribution in [0.1, 0.15) is 40.4 Å². The van der Waals surface area contributed by atoms with Crippen LogP contribution in [0.3, 0.4) is 0 Å². The molecule has 1 aliphatic rings. The second kappa shape index (κ2) is 8.18. The third-order valence-electron chi connectivity index (χ3n) is 5.35. The van der Waals surface area contributed by atoms with Crippen molar-refractivity contribution in [2.75, 3.05) is 37.6 Å². The number of piperazine rings is 1. The Bertz CT molecular complexity index is 977. The number of nitrogens with zero attached hydrogens (tertiary/aromatic N) is 7. The van der Waals surface area contributed by atoms with Crippen LogP contribution in [0.2, 0.25) is 0 Å². The van der Waals surface area contributed by atoms with Crippen LogP contribution in [0, 0.1) is 5.92 Å². The van der Waals surface area contributed by atoms with Gasteiger partial charge in [-0.05, 0) is 12.0 Å². The molecule has 1 aliphatic heterocycles. The van der Waals surface area contributed by atoms with Gasteiger partial charge in [-0.25, -0.2) is 0 Å². The summed E-state index contributed by atoms with van der Waals surface area (Å²) < 4.78 is 7.11. The van der Waals surface area contributed by atoms with Crippen molar-refractivity contribution < 1.29 is 4.52 Å². The van der Waals surface area contributed by atoms with Crippen LogP contribution < -0.4 is 4.90 Å². The lowest BCUT2D eigenvalue weighted by molar-refractivity contribution is 0.231. The molecule has 8 nitrogen and oxygen atoms in total. The summed E-state index contributed by atoms with van der Waals surface area (Å²) in [5, 5.41) is 12.7. The Kier molecular flexibility index (Phi) is 5.60. The van der Waals surface area contributed by atoms with Gasteiger partial charge >= 0.3 is 0 Å². The van der Waals surface area contributed by atoms with E-state index in [0.717, 1.165) is 55.4 Å². The highest BCUT2D eigenvalue weighted by Gasteiger charge is 2.21. The molecule has 3 aromatic rings. The number of rotatable bonds is 5. The fourth-order valence-electron chi connectivity index (χ4n) is 3.68. The lowest BCUT2D eigenvalue weighted by atomic mass is 9.93. The van der Waals surface area contributed by atoms with Crippen molar-refractivity contribution in [1.82, 2.24) is 30.0 Å². The van der Waals surface area contributed by atoms with Crippen LogP contribution in [0.4, 0.5) is 5.69 Å². The van der Waals surface area contributed by atoms with Crippen molar-refractivity contribution in [2.24, 2.45) is 5.92 Å². The van der Waals surface area contributed by atoms with Crippen molar-refractivity contribution in [3.05, 3.63) is 36.5 Å². The predicted molar refractivity (Wildman–Crippen MR) is 117 cm³/mol. The van der Waals surface area contributed by atoms with Crippen LogP contribution in [-0.2, 0) is 5.41 Å². The van der Waals surface area contributed by atoms with Crippen LogP contribution in [0.5, 0.6) is 0 Å². The van der Waals surface area contributed by atoms with E-state index in [4.69, 9.17) is 4.52 Å². The van der Waals surface area contributed by atoms with Gasteiger partial charge in [0.1, 0.15) is 11.5 Å². The molecule has 0 spiro atoms. The Labute approximate surface area is 177 Å². The zero-order valence-corrected chi connectivity index (χ0v) is 18.5. The summed E-state index contributed by atoms with van der Waals surface area (Å²) in [4.78, 5) is 9.38. The summed E-state index contributed by atoms with van der Waals surface area (Å²) in [7, 11) is 0. The summed E-state index contributed by atoms with van der Waals surface area (Å²) in [5.74, 6) is 2.15. The number of hydrogen-bond donors (Lipinski definition) is 0. The smallest absolute Gasteiger partial charge is 0.198 e. The molecule has 1 fully saturated rings. The molecule has 4 heterocycles. The lowest BCUT2D eigenvalue weighted by Gasteiger charge is -2.36. The Morgan fingerprint density at radius 3 is 2.50 bits per heavy atom. The predicted octanol–water partition coefficient (Wildman–Crippen LogP) is 3.39. The highest BCUT2D eigenvalue weighted by Crippen LogP contribution is 2.26. The van der Waals surface area contributed by atoms with E-state index in [1.54, 1.807) is 4.68 Å². The molecule has 160 valence electrons. The van der Waals surface area contributed by atoms with E-state index >= 15 is 0 Å². The minimum atomic E-state index is -0.105. The topological polar surface area (TPSA) is 76.1 Å². The molecule has 3 aromatic heterocycles. The highest BCUT2D eigenvalue weighted by atomic mass is 16.5. The van der Waals surface area contributed by atoms with Crippen molar-refractivity contribution >= 4 is 5.69 Å². The molecule has 0 radical (unpaired) electrons. The molecule has 0 aromatic carbocycles. The SMILES string of the molecule is CC(C)CN1CCN(c2cncc(-c3cn(-c4cc(C(C)(C)C)on4)nn3)c2)CC1. The molecule has 8 heteroatoms. The largest absolute Gasteiger partial charge is 0.368 e. The summed E-state index contributed by atoms with van der Waals surface area (Å²) in [6.45, 7) is 16.2. The Morgan fingerprint density at radius 1 is 1.07 bits per heavy atom. The van der Waals surface area contributed by atoms with Crippen molar-refractivity contribution in [1.29, 1.82) is 0 Å². The Morgan fingerprint density at radius 2 is 1.83 bits per heavy atom. The van der Waals surface area contributed by atoms with Crippen molar-refractivity contribution in [2.45, 2.75) is 40.0 Å². The Hall–Kier alpha value is -2.74. The van der Waals surface area contributed by atoms with Gasteiger partial charge in [0.25, 0.3) is 0 Å². The van der Waals surface area contributed by atoms with E-state index in [1.807, 2.05) is 24.7 Å². The van der Waals surface area contributed by atoms with Gasteiger partial charge < -0.3 is 9.42 Å². The van der Waals surface area contributed by atoms with Gasteiger partial charge in [0.15, 0.2) is 5.82 Å². The molecule has 0 amide bonds. The number of hydrogen-bond acceptors (Lipinski definition) is 7. The summed E-state index contributed by atoms with van der Waals surface area (Å²) in [5.41, 5.74) is 2.74. The zero-order valence-electron chi connectivity index (χ0n) is 18.5. The van der Waals surface area contributed by atoms with Gasteiger partial charge in [-0.1, -0.05) is 45.0 Å². The van der Waals surface area contributed by atoms with Gasteiger partial charge in [-0.2, -0.15) is 4.68 Å². The van der Waals surface area contributed by atoms with E-state index < -0.39 is 0 Å². The van der Waals surface area contributed by atoms with E-state index in [1.165, 1.54) is 0 Å². The first-order valence-corrected chi connectivity index (χ1v) is 10.6. The van der Waals surface area contributed by atoms with Crippen LogP contribution in [-0.4, -0.2) is 62.8 Å². The fraction of sp³-hybridized carbons (Fsp3) is 0.545. The maximum absolute atomic E-state index is 5.47. The van der Waals surface area contributed by atoms with Gasteiger partial charge in [0.05, 0.1) is 18.1 Å². The van der Waals surface area contributed by atoms with Crippen molar-refractivity contribution in [3.63, 3.8) is 0 Å².